The van der Waals surface area contributed by atoms with Crippen molar-refractivity contribution in [2.45, 2.75) is 161 Å². The van der Waals surface area contributed by atoms with Gasteiger partial charge < -0.3 is 28.6 Å². The Morgan fingerprint density at radius 3 is 1.70 bits per heavy atom. The molecule has 0 aromatic rings. The Labute approximate surface area is 269 Å². The number of allylic oxidation sites excluding steroid dienone is 2. The van der Waals surface area contributed by atoms with Crippen LogP contribution in [0.25, 0.3) is 0 Å². The SMILES string of the molecule is CCCC/C=C\CCCCCCCC(=O)OC(COCCC(C(=O)[O-])[N+](C)(C)C)COC(=O)CCCCCCCCCCC. The Morgan fingerprint density at radius 1 is 0.659 bits per heavy atom. The first kappa shape index (κ1) is 42.1. The van der Waals surface area contributed by atoms with E-state index in [-0.39, 0.29) is 42.7 Å². The van der Waals surface area contributed by atoms with Crippen molar-refractivity contribution >= 4 is 17.9 Å². The zero-order valence-electron chi connectivity index (χ0n) is 29.1. The smallest absolute Gasteiger partial charge is 0.306 e. The number of nitrogens with zero attached hydrogens (tertiary/aromatic N) is 1. The maximum Gasteiger partial charge on any atom is 0.306 e. The van der Waals surface area contributed by atoms with Gasteiger partial charge >= 0.3 is 11.9 Å². The molecule has 0 amide bonds. The summed E-state index contributed by atoms with van der Waals surface area (Å²) < 4.78 is 17.0. The van der Waals surface area contributed by atoms with Gasteiger partial charge in [0.05, 0.1) is 40.3 Å². The zero-order valence-corrected chi connectivity index (χ0v) is 29.1. The normalized spacial score (nSPS) is 13.2. The Bertz CT molecular complexity index is 747. The molecule has 8 nitrogen and oxygen atoms in total. The minimum absolute atomic E-state index is 0.0414. The van der Waals surface area contributed by atoms with Crippen LogP contribution in [0.1, 0.15) is 149 Å². The molecule has 0 aromatic carbocycles. The molecule has 0 aliphatic carbocycles. The third-order valence-corrected chi connectivity index (χ3v) is 7.90. The average molecular weight is 626 g/mol. The maximum absolute atomic E-state index is 12.6. The van der Waals surface area contributed by atoms with Crippen LogP contribution in [0, 0.1) is 0 Å². The van der Waals surface area contributed by atoms with Gasteiger partial charge in [-0.1, -0.05) is 109 Å². The Balaban J connectivity index is 4.48. The number of carboxylic acid groups (broad SMARTS) is 1. The molecule has 0 aromatic heterocycles. The number of hydrogen-bond donors (Lipinski definition) is 0. The van der Waals surface area contributed by atoms with E-state index in [4.69, 9.17) is 14.2 Å². The number of ether oxygens (including phenoxy) is 3. The van der Waals surface area contributed by atoms with E-state index in [1.165, 1.54) is 64.2 Å². The lowest BCUT2D eigenvalue weighted by molar-refractivity contribution is -0.889. The molecule has 0 heterocycles. The second kappa shape index (κ2) is 28.5. The first-order valence-electron chi connectivity index (χ1n) is 17.7. The fourth-order valence-corrected chi connectivity index (χ4v) is 5.05. The predicted molar refractivity (Wildman–Crippen MR) is 176 cm³/mol. The second-order valence-electron chi connectivity index (χ2n) is 13.1. The van der Waals surface area contributed by atoms with Crippen molar-refractivity contribution in [1.82, 2.24) is 0 Å². The minimum Gasteiger partial charge on any atom is -0.544 e. The molecule has 0 aliphatic heterocycles. The third kappa shape index (κ3) is 26.5. The van der Waals surface area contributed by atoms with Gasteiger partial charge in [-0.15, -0.1) is 0 Å². The van der Waals surface area contributed by atoms with Crippen molar-refractivity contribution in [2.75, 3.05) is 41.0 Å². The highest BCUT2D eigenvalue weighted by atomic mass is 16.6. The number of quaternary nitrogens is 1. The van der Waals surface area contributed by atoms with E-state index in [0.717, 1.165) is 51.4 Å². The molecule has 0 rings (SSSR count). The third-order valence-electron chi connectivity index (χ3n) is 7.90. The number of carbonyl (C=O) groups excluding carboxylic acids is 3. The fourth-order valence-electron chi connectivity index (χ4n) is 5.05. The van der Waals surface area contributed by atoms with Crippen molar-refractivity contribution in [1.29, 1.82) is 0 Å². The van der Waals surface area contributed by atoms with E-state index in [9.17, 15) is 19.5 Å². The number of hydrogen-bond acceptors (Lipinski definition) is 7. The second-order valence-corrected chi connectivity index (χ2v) is 13.1. The van der Waals surface area contributed by atoms with Crippen LogP contribution in [0.5, 0.6) is 0 Å². The highest BCUT2D eigenvalue weighted by molar-refractivity contribution is 5.70. The summed E-state index contributed by atoms with van der Waals surface area (Å²) in [6, 6.07) is -0.720. The summed E-state index contributed by atoms with van der Waals surface area (Å²) in [5.41, 5.74) is 0. The van der Waals surface area contributed by atoms with E-state index >= 15 is 0 Å². The van der Waals surface area contributed by atoms with Crippen molar-refractivity contribution < 1.29 is 38.2 Å². The summed E-state index contributed by atoms with van der Waals surface area (Å²) in [5, 5.41) is 11.5. The molecule has 0 saturated carbocycles. The van der Waals surface area contributed by atoms with E-state index in [1.807, 2.05) is 0 Å². The van der Waals surface area contributed by atoms with Gasteiger partial charge in [0.2, 0.25) is 0 Å². The van der Waals surface area contributed by atoms with Gasteiger partial charge in [0, 0.05) is 19.3 Å². The summed E-state index contributed by atoms with van der Waals surface area (Å²) >= 11 is 0. The topological polar surface area (TPSA) is 102 Å². The van der Waals surface area contributed by atoms with Crippen LogP contribution >= 0.6 is 0 Å². The fraction of sp³-hybridized carbons (Fsp3) is 0.861. The molecule has 0 spiro atoms. The molecule has 258 valence electrons. The molecular formula is C36H67NO7. The summed E-state index contributed by atoms with van der Waals surface area (Å²) in [6.07, 6.45) is 25.2. The molecule has 0 aliphatic rings. The number of aliphatic carboxylic acids is 1. The maximum atomic E-state index is 12.6. The molecule has 2 unspecified atom stereocenters. The van der Waals surface area contributed by atoms with Crippen molar-refractivity contribution in [3.8, 4) is 0 Å². The number of unbranched alkanes of at least 4 members (excludes halogenated alkanes) is 15. The van der Waals surface area contributed by atoms with Gasteiger partial charge in [0.15, 0.2) is 6.10 Å². The van der Waals surface area contributed by atoms with Crippen LogP contribution in [-0.2, 0) is 28.6 Å². The first-order valence-corrected chi connectivity index (χ1v) is 17.7. The highest BCUT2D eigenvalue weighted by Gasteiger charge is 2.25. The Morgan fingerprint density at radius 2 is 1.16 bits per heavy atom. The lowest BCUT2D eigenvalue weighted by Gasteiger charge is -2.34. The van der Waals surface area contributed by atoms with Crippen LogP contribution in [0.3, 0.4) is 0 Å². The minimum atomic E-state index is -1.13. The summed E-state index contributed by atoms with van der Waals surface area (Å²) in [6.45, 7) is 4.57. The zero-order chi connectivity index (χ0) is 32.9. The van der Waals surface area contributed by atoms with Gasteiger partial charge in [0.1, 0.15) is 12.6 Å². The predicted octanol–water partition coefficient (Wildman–Crippen LogP) is 7.07. The molecule has 44 heavy (non-hydrogen) atoms. The van der Waals surface area contributed by atoms with Crippen LogP contribution in [0.2, 0.25) is 0 Å². The van der Waals surface area contributed by atoms with Crippen molar-refractivity contribution in [3.63, 3.8) is 0 Å². The summed E-state index contributed by atoms with van der Waals surface area (Å²) in [5.74, 6) is -1.75. The lowest BCUT2D eigenvalue weighted by atomic mass is 10.1. The molecule has 0 fully saturated rings. The number of rotatable bonds is 31. The summed E-state index contributed by atoms with van der Waals surface area (Å²) in [4.78, 5) is 36.4. The molecule has 0 radical (unpaired) electrons. The van der Waals surface area contributed by atoms with E-state index in [1.54, 1.807) is 21.1 Å². The molecule has 2 atom stereocenters. The van der Waals surface area contributed by atoms with E-state index < -0.39 is 18.1 Å². The monoisotopic (exact) mass is 625 g/mol. The molecule has 0 saturated heterocycles. The van der Waals surface area contributed by atoms with Gasteiger partial charge in [-0.2, -0.15) is 0 Å². The van der Waals surface area contributed by atoms with Gasteiger partial charge in [-0.05, 0) is 32.1 Å². The van der Waals surface area contributed by atoms with Gasteiger partial charge in [-0.3, -0.25) is 9.59 Å². The molecular weight excluding hydrogens is 558 g/mol. The van der Waals surface area contributed by atoms with Crippen LogP contribution in [-0.4, -0.2) is 75.5 Å². The lowest BCUT2D eigenvalue weighted by Crippen LogP contribution is -2.55. The Hall–Kier alpha value is -1.93. The largest absolute Gasteiger partial charge is 0.544 e. The standard InChI is InChI=1S/C36H67NO7/c1-6-8-10-12-14-16-17-19-21-23-25-27-35(39)44-32(30-42-29-28-33(36(40)41)37(3,4)5)31-43-34(38)26-24-22-20-18-15-13-11-9-7-2/h12,14,32-33H,6-11,13,15-31H2,1-5H3/b14-12-. The molecule has 8 heteroatoms. The van der Waals surface area contributed by atoms with Crippen molar-refractivity contribution in [2.24, 2.45) is 0 Å². The van der Waals surface area contributed by atoms with Crippen LogP contribution in [0.4, 0.5) is 0 Å². The van der Waals surface area contributed by atoms with Crippen LogP contribution < -0.4 is 5.11 Å². The van der Waals surface area contributed by atoms with E-state index in [0.29, 0.717) is 12.8 Å². The summed E-state index contributed by atoms with van der Waals surface area (Å²) in [7, 11) is 5.39. The quantitative estimate of drug-likeness (QED) is 0.0351. The average Bonchev–Trinajstić information content (AvgIpc) is 2.96. The van der Waals surface area contributed by atoms with Crippen LogP contribution in [0.15, 0.2) is 12.2 Å². The van der Waals surface area contributed by atoms with Crippen molar-refractivity contribution in [3.05, 3.63) is 12.2 Å². The first-order chi connectivity index (χ1) is 21.1. The highest BCUT2D eigenvalue weighted by Crippen LogP contribution is 2.13. The van der Waals surface area contributed by atoms with Gasteiger partial charge in [0.25, 0.3) is 0 Å². The van der Waals surface area contributed by atoms with E-state index in [2.05, 4.69) is 26.0 Å². The Kier molecular flexibility index (Phi) is 27.3. The number of carboxylic acids is 1. The number of carbonyl (C=O) groups is 3. The number of likely N-dealkylation sites (N-methyl/N-ethyl adjacent to an activating group) is 1. The molecule has 0 bridgehead atoms. The molecule has 0 N–H and O–H groups in total. The van der Waals surface area contributed by atoms with Gasteiger partial charge in [-0.25, -0.2) is 0 Å². The number of esters is 2.